The summed E-state index contributed by atoms with van der Waals surface area (Å²) in [5.74, 6) is 2.07. The van der Waals surface area contributed by atoms with E-state index in [4.69, 9.17) is 21.7 Å². The summed E-state index contributed by atoms with van der Waals surface area (Å²) in [5, 5.41) is 4.09. The highest BCUT2D eigenvalue weighted by atomic mass is 32.2. The third kappa shape index (κ3) is 5.79. The van der Waals surface area contributed by atoms with Gasteiger partial charge < -0.3 is 14.8 Å². The van der Waals surface area contributed by atoms with Gasteiger partial charge in [0.15, 0.2) is 22.4 Å². The molecule has 0 radical (unpaired) electrons. The average molecular weight is 606 g/mol. The molecule has 0 aromatic heterocycles. The minimum atomic E-state index is -0.374. The normalized spacial score (nSPS) is 27.0. The summed E-state index contributed by atoms with van der Waals surface area (Å²) in [7, 11) is 0. The number of amides is 3. The number of hydrogen-bond donors (Lipinski definition) is 2. The van der Waals surface area contributed by atoms with Crippen LogP contribution in [0, 0.1) is 30.1 Å². The van der Waals surface area contributed by atoms with Gasteiger partial charge in [0.05, 0.1) is 16.9 Å². The van der Waals surface area contributed by atoms with Gasteiger partial charge in [-0.05, 0) is 118 Å². The van der Waals surface area contributed by atoms with Gasteiger partial charge in [0.1, 0.15) is 0 Å². The second-order valence-electron chi connectivity index (χ2n) is 11.9. The molecule has 7 rings (SSSR count). The van der Waals surface area contributed by atoms with Gasteiger partial charge in [0.2, 0.25) is 5.91 Å². The van der Waals surface area contributed by atoms with Crippen molar-refractivity contribution in [1.29, 1.82) is 0 Å². The standard InChI is InChI=1S/C32H35N3O5S2/c1-3-39-26-13-20(8-9-25(26)40-18-28(36)33-24-7-5-4-6-19(24)2)14-27-29(37)35(31(41)42-27)34-30(38)32-15-21-10-22(16-32)12-23(11-21)17-32/h4-9,13-14,21-23H,3,10-12,15-18H2,1-2H3,(H,33,36)(H,34,38)/b27-14-. The van der Waals surface area contributed by atoms with E-state index in [0.717, 1.165) is 42.3 Å². The minimum Gasteiger partial charge on any atom is -0.490 e. The van der Waals surface area contributed by atoms with Crippen molar-refractivity contribution in [2.45, 2.75) is 52.4 Å². The summed E-state index contributed by atoms with van der Waals surface area (Å²) >= 11 is 6.67. The van der Waals surface area contributed by atoms with Crippen LogP contribution in [0.4, 0.5) is 5.69 Å². The Morgan fingerprint density at radius 3 is 2.40 bits per heavy atom. The number of carbonyl (C=O) groups excluding carboxylic acids is 3. The molecule has 1 aliphatic heterocycles. The topological polar surface area (TPSA) is 97.0 Å². The zero-order chi connectivity index (χ0) is 29.4. The molecule has 5 fully saturated rings. The molecule has 42 heavy (non-hydrogen) atoms. The van der Waals surface area contributed by atoms with Crippen molar-refractivity contribution in [3.63, 3.8) is 0 Å². The summed E-state index contributed by atoms with van der Waals surface area (Å²) in [4.78, 5) is 39.8. The zero-order valence-corrected chi connectivity index (χ0v) is 25.4. The maximum Gasteiger partial charge on any atom is 0.285 e. The molecule has 0 unspecified atom stereocenters. The molecule has 10 heteroatoms. The van der Waals surface area contributed by atoms with Crippen molar-refractivity contribution in [1.82, 2.24) is 10.4 Å². The molecular formula is C32H35N3O5S2. The third-order valence-electron chi connectivity index (χ3n) is 8.87. The first-order chi connectivity index (χ1) is 20.2. The fourth-order valence-corrected chi connectivity index (χ4v) is 8.55. The number of benzene rings is 2. The summed E-state index contributed by atoms with van der Waals surface area (Å²) in [6, 6.07) is 12.8. The summed E-state index contributed by atoms with van der Waals surface area (Å²) in [5.41, 5.74) is 4.93. The van der Waals surface area contributed by atoms with Gasteiger partial charge >= 0.3 is 0 Å². The zero-order valence-electron chi connectivity index (χ0n) is 23.8. The van der Waals surface area contributed by atoms with Crippen LogP contribution < -0.4 is 20.2 Å². The number of carbonyl (C=O) groups is 3. The fourth-order valence-electron chi connectivity index (χ4n) is 7.37. The second-order valence-corrected chi connectivity index (χ2v) is 13.6. The molecule has 2 N–H and O–H groups in total. The van der Waals surface area contributed by atoms with Crippen LogP contribution in [-0.2, 0) is 14.4 Å². The Labute approximate surface area is 255 Å². The van der Waals surface area contributed by atoms with Crippen LogP contribution in [0.5, 0.6) is 11.5 Å². The number of rotatable bonds is 9. The molecule has 0 spiro atoms. The average Bonchev–Trinajstić information content (AvgIpc) is 3.20. The first-order valence-corrected chi connectivity index (χ1v) is 15.8. The molecule has 220 valence electrons. The second kappa shape index (κ2) is 11.7. The maximum atomic E-state index is 13.5. The first kappa shape index (κ1) is 28.7. The fraction of sp³-hybridized carbons (Fsp3) is 0.438. The van der Waals surface area contributed by atoms with E-state index in [-0.39, 0.29) is 29.7 Å². The van der Waals surface area contributed by atoms with E-state index in [2.05, 4.69) is 10.7 Å². The van der Waals surface area contributed by atoms with Crippen LogP contribution in [0.25, 0.3) is 6.08 Å². The molecule has 4 bridgehead atoms. The number of thioether (sulfide) groups is 1. The number of ether oxygens (including phenoxy) is 2. The lowest BCUT2D eigenvalue weighted by Gasteiger charge is -2.55. The Morgan fingerprint density at radius 2 is 1.74 bits per heavy atom. The van der Waals surface area contributed by atoms with E-state index in [1.54, 1.807) is 24.3 Å². The number of nitrogens with zero attached hydrogens (tertiary/aromatic N) is 1. The van der Waals surface area contributed by atoms with Gasteiger partial charge in [-0.25, -0.2) is 0 Å². The van der Waals surface area contributed by atoms with Crippen molar-refractivity contribution in [3.05, 3.63) is 58.5 Å². The molecule has 1 heterocycles. The monoisotopic (exact) mass is 605 g/mol. The summed E-state index contributed by atoms with van der Waals surface area (Å²) in [6.07, 6.45) is 8.19. The van der Waals surface area contributed by atoms with Gasteiger partial charge in [0, 0.05) is 5.69 Å². The van der Waals surface area contributed by atoms with E-state index >= 15 is 0 Å². The molecule has 3 amide bonds. The lowest BCUT2D eigenvalue weighted by Crippen LogP contribution is -2.57. The molecule has 2 aromatic carbocycles. The summed E-state index contributed by atoms with van der Waals surface area (Å²) in [6.45, 7) is 4.00. The lowest BCUT2D eigenvalue weighted by atomic mass is 9.49. The van der Waals surface area contributed by atoms with E-state index < -0.39 is 0 Å². The van der Waals surface area contributed by atoms with Gasteiger partial charge in [0.25, 0.3) is 11.8 Å². The Morgan fingerprint density at radius 1 is 1.05 bits per heavy atom. The van der Waals surface area contributed by atoms with E-state index in [9.17, 15) is 14.4 Å². The number of hydrogen-bond acceptors (Lipinski definition) is 7. The molecule has 5 aliphatic rings. The van der Waals surface area contributed by atoms with Gasteiger partial charge in [-0.2, -0.15) is 5.01 Å². The largest absolute Gasteiger partial charge is 0.490 e. The number of para-hydroxylation sites is 1. The third-order valence-corrected chi connectivity index (χ3v) is 10.2. The Kier molecular flexibility index (Phi) is 8.02. The highest BCUT2D eigenvalue weighted by Crippen LogP contribution is 2.60. The van der Waals surface area contributed by atoms with Gasteiger partial charge in [-0.15, -0.1) is 0 Å². The number of aryl methyl sites for hydroxylation is 1. The van der Waals surface area contributed by atoms with Crippen LogP contribution in [0.15, 0.2) is 47.4 Å². The molecule has 4 aliphatic carbocycles. The highest BCUT2D eigenvalue weighted by molar-refractivity contribution is 8.26. The maximum absolute atomic E-state index is 13.5. The van der Waals surface area contributed by atoms with Gasteiger partial charge in [-0.3, -0.25) is 19.8 Å². The van der Waals surface area contributed by atoms with Crippen molar-refractivity contribution in [2.75, 3.05) is 18.5 Å². The van der Waals surface area contributed by atoms with Crippen molar-refractivity contribution in [3.8, 4) is 11.5 Å². The molecular weight excluding hydrogens is 571 g/mol. The van der Waals surface area contributed by atoms with Crippen LogP contribution >= 0.6 is 24.0 Å². The highest BCUT2D eigenvalue weighted by Gasteiger charge is 2.55. The SMILES string of the molecule is CCOc1cc(/C=C2\SC(=S)N(NC(=O)C34CC5CC(CC(C5)C3)C4)C2=O)ccc1OCC(=O)Nc1ccccc1C. The number of hydrazine groups is 1. The number of anilines is 1. The van der Waals surface area contributed by atoms with Crippen molar-refractivity contribution < 1.29 is 23.9 Å². The van der Waals surface area contributed by atoms with Crippen molar-refractivity contribution in [2.24, 2.45) is 23.2 Å². The van der Waals surface area contributed by atoms with Crippen LogP contribution in [0.3, 0.4) is 0 Å². The first-order valence-electron chi connectivity index (χ1n) is 14.6. The smallest absolute Gasteiger partial charge is 0.285 e. The quantitative estimate of drug-likeness (QED) is 0.273. The molecule has 0 atom stereocenters. The minimum absolute atomic E-state index is 0.0641. The van der Waals surface area contributed by atoms with E-state index in [1.807, 2.05) is 38.1 Å². The predicted molar refractivity (Wildman–Crippen MR) is 167 cm³/mol. The molecule has 4 saturated carbocycles. The van der Waals surface area contributed by atoms with E-state index in [1.165, 1.54) is 24.3 Å². The Balaban J connectivity index is 1.11. The molecule has 8 nitrogen and oxygen atoms in total. The van der Waals surface area contributed by atoms with Crippen LogP contribution in [-0.4, -0.2) is 40.3 Å². The predicted octanol–water partition coefficient (Wildman–Crippen LogP) is 5.86. The van der Waals surface area contributed by atoms with E-state index in [0.29, 0.717) is 50.6 Å². The number of nitrogens with one attached hydrogen (secondary N) is 2. The number of thiocarbonyl (C=S) groups is 1. The Hall–Kier alpha value is -3.37. The van der Waals surface area contributed by atoms with Crippen LogP contribution in [0.1, 0.15) is 56.6 Å². The lowest BCUT2D eigenvalue weighted by molar-refractivity contribution is -0.152. The van der Waals surface area contributed by atoms with Crippen molar-refractivity contribution >= 4 is 57.8 Å². The molecule has 2 aromatic rings. The van der Waals surface area contributed by atoms with Gasteiger partial charge in [-0.1, -0.05) is 36.0 Å². The van der Waals surface area contributed by atoms with Crippen LogP contribution in [0.2, 0.25) is 0 Å². The molecule has 1 saturated heterocycles. The Bertz CT molecular complexity index is 1440. The summed E-state index contributed by atoms with van der Waals surface area (Å²) < 4.78 is 11.9.